The zero-order chi connectivity index (χ0) is 23.1. The summed E-state index contributed by atoms with van der Waals surface area (Å²) >= 11 is 0. The van der Waals surface area contributed by atoms with E-state index in [0.717, 1.165) is 22.8 Å². The van der Waals surface area contributed by atoms with Crippen molar-refractivity contribution in [1.82, 2.24) is 14.5 Å². The van der Waals surface area contributed by atoms with Gasteiger partial charge in [-0.15, -0.1) is 0 Å². The average Bonchev–Trinajstić information content (AvgIpc) is 3.07. The lowest BCUT2D eigenvalue weighted by atomic mass is 10.0. The standard InChI is InChI=1S/C21H24F3N5O3/c1-3-14-12-32-9-8-27(14)17-10-18(31)28-13-20(2,21(22,23)24)29(19(28)26-17)11-16(30)15-6-4-5-7-25-15/h4-7,10,14H,3,8-9,11-13H2,1-2H3. The number of Topliss-reactive ketones (excluding diaryl/α,β-unsaturated/α-hetero) is 1. The van der Waals surface area contributed by atoms with Crippen LogP contribution in [0.15, 0.2) is 35.3 Å². The molecule has 4 heterocycles. The number of hydrogen-bond donors (Lipinski definition) is 0. The molecule has 172 valence electrons. The van der Waals surface area contributed by atoms with Gasteiger partial charge in [-0.1, -0.05) is 13.0 Å². The van der Waals surface area contributed by atoms with Crippen molar-refractivity contribution >= 4 is 17.5 Å². The molecule has 4 rings (SSSR count). The number of hydrogen-bond acceptors (Lipinski definition) is 7. The Morgan fingerprint density at radius 1 is 1.34 bits per heavy atom. The molecular weight excluding hydrogens is 427 g/mol. The molecule has 0 N–H and O–H groups in total. The Labute approximate surface area is 182 Å². The summed E-state index contributed by atoms with van der Waals surface area (Å²) in [6, 6.07) is 5.86. The molecule has 0 spiro atoms. The number of ketones is 1. The van der Waals surface area contributed by atoms with Gasteiger partial charge in [-0.2, -0.15) is 18.2 Å². The number of aromatic nitrogens is 3. The van der Waals surface area contributed by atoms with E-state index in [2.05, 4.69) is 9.97 Å². The summed E-state index contributed by atoms with van der Waals surface area (Å²) in [6.07, 6.45) is -2.58. The van der Waals surface area contributed by atoms with Gasteiger partial charge < -0.3 is 14.5 Å². The second-order valence-electron chi connectivity index (χ2n) is 8.17. The van der Waals surface area contributed by atoms with Crippen LogP contribution >= 0.6 is 0 Å². The third-order valence-electron chi connectivity index (χ3n) is 6.13. The van der Waals surface area contributed by atoms with Crippen LogP contribution in [0.25, 0.3) is 0 Å². The predicted molar refractivity (Wildman–Crippen MR) is 111 cm³/mol. The van der Waals surface area contributed by atoms with Crippen molar-refractivity contribution in [2.45, 2.75) is 44.6 Å². The van der Waals surface area contributed by atoms with Crippen LogP contribution in [0.2, 0.25) is 0 Å². The van der Waals surface area contributed by atoms with E-state index in [1.165, 1.54) is 18.3 Å². The van der Waals surface area contributed by atoms with Gasteiger partial charge in [0.25, 0.3) is 5.56 Å². The van der Waals surface area contributed by atoms with Gasteiger partial charge in [-0.3, -0.25) is 19.1 Å². The fourth-order valence-electron chi connectivity index (χ4n) is 4.13. The summed E-state index contributed by atoms with van der Waals surface area (Å²) in [4.78, 5) is 36.8. The van der Waals surface area contributed by atoms with Gasteiger partial charge in [0, 0.05) is 18.8 Å². The molecule has 32 heavy (non-hydrogen) atoms. The van der Waals surface area contributed by atoms with E-state index in [9.17, 15) is 22.8 Å². The fourth-order valence-corrected chi connectivity index (χ4v) is 4.13. The Morgan fingerprint density at radius 3 is 2.78 bits per heavy atom. The predicted octanol–water partition coefficient (Wildman–Crippen LogP) is 2.28. The Kier molecular flexibility index (Phi) is 5.70. The molecular formula is C21H24F3N5O3. The lowest BCUT2D eigenvalue weighted by Gasteiger charge is -2.37. The highest BCUT2D eigenvalue weighted by atomic mass is 19.4. The molecule has 2 aromatic rings. The van der Waals surface area contributed by atoms with Crippen LogP contribution in [0.1, 0.15) is 30.8 Å². The maximum absolute atomic E-state index is 14.2. The first-order valence-corrected chi connectivity index (χ1v) is 10.4. The van der Waals surface area contributed by atoms with Crippen molar-refractivity contribution in [2.24, 2.45) is 0 Å². The van der Waals surface area contributed by atoms with Crippen molar-refractivity contribution in [3.05, 3.63) is 46.5 Å². The summed E-state index contributed by atoms with van der Waals surface area (Å²) in [6.45, 7) is 3.04. The molecule has 0 aromatic carbocycles. The number of carbonyl (C=O) groups is 1. The molecule has 1 saturated heterocycles. The molecule has 0 aliphatic carbocycles. The molecule has 2 aliphatic rings. The smallest absolute Gasteiger partial charge is 0.377 e. The van der Waals surface area contributed by atoms with E-state index in [-0.39, 0.29) is 23.5 Å². The number of halogens is 3. The van der Waals surface area contributed by atoms with Crippen LogP contribution in [0.3, 0.4) is 0 Å². The molecule has 11 heteroatoms. The Bertz CT molecular complexity index is 1060. The third kappa shape index (κ3) is 3.74. The Morgan fingerprint density at radius 2 is 2.12 bits per heavy atom. The summed E-state index contributed by atoms with van der Waals surface area (Å²) in [5, 5.41) is 0. The number of carbonyl (C=O) groups excluding carboxylic acids is 1. The normalized spacial score (nSPS) is 23.3. The van der Waals surface area contributed by atoms with Crippen LogP contribution in [-0.2, 0) is 11.3 Å². The number of ether oxygens (including phenoxy) is 1. The highest BCUT2D eigenvalue weighted by Gasteiger charge is 2.60. The largest absolute Gasteiger partial charge is 0.413 e. The number of anilines is 2. The van der Waals surface area contributed by atoms with Gasteiger partial charge in [0.1, 0.15) is 11.5 Å². The first kappa shape index (κ1) is 22.3. The minimum Gasteiger partial charge on any atom is -0.377 e. The van der Waals surface area contributed by atoms with Crippen LogP contribution in [0.4, 0.5) is 24.9 Å². The van der Waals surface area contributed by atoms with E-state index in [1.54, 1.807) is 12.1 Å². The van der Waals surface area contributed by atoms with E-state index in [1.807, 2.05) is 11.8 Å². The van der Waals surface area contributed by atoms with Gasteiger partial charge in [-0.05, 0) is 25.5 Å². The SMILES string of the molecule is CCC1COCCN1c1cc(=O)n2c(n1)N(CC(=O)c1ccccn1)C(C)(C(F)(F)F)C2. The number of fused-ring (bicyclic) bond motifs is 1. The number of morpholine rings is 1. The molecule has 2 unspecified atom stereocenters. The van der Waals surface area contributed by atoms with Crippen LogP contribution in [-0.4, -0.2) is 64.4 Å². The van der Waals surface area contributed by atoms with E-state index in [4.69, 9.17) is 4.74 Å². The quantitative estimate of drug-likeness (QED) is 0.646. The second-order valence-corrected chi connectivity index (χ2v) is 8.17. The van der Waals surface area contributed by atoms with Crippen molar-refractivity contribution in [1.29, 1.82) is 0 Å². The first-order chi connectivity index (χ1) is 15.2. The summed E-state index contributed by atoms with van der Waals surface area (Å²) in [7, 11) is 0. The van der Waals surface area contributed by atoms with Gasteiger partial charge >= 0.3 is 6.18 Å². The fraction of sp³-hybridized carbons (Fsp3) is 0.524. The molecule has 0 amide bonds. The van der Waals surface area contributed by atoms with Gasteiger partial charge in [0.15, 0.2) is 11.3 Å². The van der Waals surface area contributed by atoms with E-state index >= 15 is 0 Å². The minimum atomic E-state index is -4.71. The topological polar surface area (TPSA) is 80.6 Å². The van der Waals surface area contributed by atoms with Crippen LogP contribution < -0.4 is 15.4 Å². The van der Waals surface area contributed by atoms with Crippen LogP contribution in [0.5, 0.6) is 0 Å². The molecule has 2 atom stereocenters. The first-order valence-electron chi connectivity index (χ1n) is 10.4. The lowest BCUT2D eigenvalue weighted by molar-refractivity contribution is -0.181. The molecule has 0 radical (unpaired) electrons. The van der Waals surface area contributed by atoms with Crippen LogP contribution in [0, 0.1) is 0 Å². The summed E-state index contributed by atoms with van der Waals surface area (Å²) in [5.41, 5.74) is -3.01. The molecule has 1 fully saturated rings. The lowest BCUT2D eigenvalue weighted by Crippen LogP contribution is -2.57. The van der Waals surface area contributed by atoms with E-state index < -0.39 is 36.1 Å². The van der Waals surface area contributed by atoms with Gasteiger partial charge in [0.05, 0.1) is 32.3 Å². The van der Waals surface area contributed by atoms with E-state index in [0.29, 0.717) is 19.8 Å². The van der Waals surface area contributed by atoms with Gasteiger partial charge in [0.2, 0.25) is 5.95 Å². The zero-order valence-corrected chi connectivity index (χ0v) is 17.8. The molecule has 2 aliphatic heterocycles. The zero-order valence-electron chi connectivity index (χ0n) is 17.8. The van der Waals surface area contributed by atoms with Crippen molar-refractivity contribution < 1.29 is 22.7 Å². The monoisotopic (exact) mass is 451 g/mol. The minimum absolute atomic E-state index is 0.0438. The number of rotatable bonds is 5. The molecule has 2 aromatic heterocycles. The van der Waals surface area contributed by atoms with Crippen molar-refractivity contribution in [3.63, 3.8) is 0 Å². The summed E-state index contributed by atoms with van der Waals surface area (Å²) in [5.74, 6) is -0.469. The molecule has 0 saturated carbocycles. The number of alkyl halides is 3. The average molecular weight is 451 g/mol. The number of pyridine rings is 1. The van der Waals surface area contributed by atoms with Crippen molar-refractivity contribution in [3.8, 4) is 0 Å². The molecule has 0 bridgehead atoms. The highest BCUT2D eigenvalue weighted by molar-refractivity contribution is 5.97. The molecule has 8 nitrogen and oxygen atoms in total. The maximum atomic E-state index is 14.2. The maximum Gasteiger partial charge on any atom is 0.413 e. The van der Waals surface area contributed by atoms with Gasteiger partial charge in [-0.25, -0.2) is 0 Å². The Hall–Kier alpha value is -2.95. The highest BCUT2D eigenvalue weighted by Crippen LogP contribution is 2.43. The van der Waals surface area contributed by atoms with Crippen molar-refractivity contribution in [2.75, 3.05) is 36.1 Å². The number of nitrogens with zero attached hydrogens (tertiary/aromatic N) is 5. The Balaban J connectivity index is 1.78. The third-order valence-corrected chi connectivity index (χ3v) is 6.13. The summed E-state index contributed by atoms with van der Waals surface area (Å²) < 4.78 is 49.0. The second kappa shape index (κ2) is 8.19.